The van der Waals surface area contributed by atoms with E-state index < -0.39 is 24.1 Å². The summed E-state index contributed by atoms with van der Waals surface area (Å²) in [5.41, 5.74) is 0.881. The quantitative estimate of drug-likeness (QED) is 0.483. The van der Waals surface area contributed by atoms with Crippen LogP contribution in [0, 0.1) is 23.2 Å². The predicted octanol–water partition coefficient (Wildman–Crippen LogP) is 3.17. The van der Waals surface area contributed by atoms with Crippen molar-refractivity contribution in [2.24, 2.45) is 11.8 Å². The summed E-state index contributed by atoms with van der Waals surface area (Å²) in [6.07, 6.45) is 7.06. The number of amides is 3. The highest BCUT2D eigenvalue weighted by molar-refractivity contribution is 6.30. The Labute approximate surface area is 198 Å². The minimum absolute atomic E-state index is 0.0354. The summed E-state index contributed by atoms with van der Waals surface area (Å²) in [6, 6.07) is 7.73. The van der Waals surface area contributed by atoms with Crippen molar-refractivity contribution in [2.45, 2.75) is 50.6 Å². The van der Waals surface area contributed by atoms with Gasteiger partial charge < -0.3 is 20.7 Å². The topological polar surface area (TPSA) is 120 Å². The van der Waals surface area contributed by atoms with Gasteiger partial charge in [-0.2, -0.15) is 5.26 Å². The highest BCUT2D eigenvalue weighted by Gasteiger charge is 2.33. The molecule has 2 aliphatic rings. The maximum absolute atomic E-state index is 12.8. The molecule has 3 atom stereocenters. The summed E-state index contributed by atoms with van der Waals surface area (Å²) in [7, 11) is 0. The Kier molecular flexibility index (Phi) is 9.14. The van der Waals surface area contributed by atoms with Gasteiger partial charge in [0.15, 0.2) is 0 Å². The van der Waals surface area contributed by atoms with E-state index in [0.29, 0.717) is 30.3 Å². The van der Waals surface area contributed by atoms with E-state index in [0.717, 1.165) is 24.8 Å². The van der Waals surface area contributed by atoms with E-state index >= 15 is 0 Å². The third-order valence-corrected chi connectivity index (χ3v) is 5.97. The smallest absolute Gasteiger partial charge is 0.408 e. The second-order valence-corrected chi connectivity index (χ2v) is 8.92. The number of ether oxygens (including phenoxy) is 1. The van der Waals surface area contributed by atoms with Crippen molar-refractivity contribution in [3.05, 3.63) is 40.9 Å². The van der Waals surface area contributed by atoms with Gasteiger partial charge in [0.05, 0.1) is 6.07 Å². The zero-order chi connectivity index (χ0) is 23.6. The third kappa shape index (κ3) is 8.43. The molecule has 176 valence electrons. The number of hydrogen-bond acceptors (Lipinski definition) is 5. The fourth-order valence-corrected chi connectivity index (χ4v) is 3.98. The van der Waals surface area contributed by atoms with E-state index in [4.69, 9.17) is 16.3 Å². The van der Waals surface area contributed by atoms with Crippen LogP contribution in [0.3, 0.4) is 0 Å². The molecule has 9 heteroatoms. The lowest BCUT2D eigenvalue weighted by atomic mass is 9.92. The van der Waals surface area contributed by atoms with Crippen LogP contribution in [0.2, 0.25) is 5.02 Å². The number of nitriles is 1. The Balaban J connectivity index is 1.49. The van der Waals surface area contributed by atoms with Gasteiger partial charge in [-0.15, -0.1) is 0 Å². The SMILES string of the molecule is N#C[C@H](C[C@@H]1CCCNC1=O)NC(=O)[C@H](CC1CC1)NC(=O)OC/C=C/c1cccc(Cl)c1. The van der Waals surface area contributed by atoms with Crippen LogP contribution in [-0.4, -0.2) is 43.1 Å². The molecule has 1 aliphatic carbocycles. The minimum atomic E-state index is -0.800. The lowest BCUT2D eigenvalue weighted by Crippen LogP contribution is -2.50. The second kappa shape index (κ2) is 12.3. The molecule has 1 saturated heterocycles. The van der Waals surface area contributed by atoms with Crippen molar-refractivity contribution in [2.75, 3.05) is 13.2 Å². The Morgan fingerprint density at radius 2 is 2.09 bits per heavy atom. The van der Waals surface area contributed by atoms with E-state index in [1.807, 2.05) is 12.1 Å². The van der Waals surface area contributed by atoms with Gasteiger partial charge in [0, 0.05) is 17.5 Å². The van der Waals surface area contributed by atoms with Crippen LogP contribution in [0.5, 0.6) is 0 Å². The summed E-state index contributed by atoms with van der Waals surface area (Å²) in [4.78, 5) is 37.1. The van der Waals surface area contributed by atoms with Crippen molar-refractivity contribution >= 4 is 35.6 Å². The normalized spacial score (nSPS) is 19.8. The maximum atomic E-state index is 12.8. The van der Waals surface area contributed by atoms with Crippen molar-refractivity contribution < 1.29 is 19.1 Å². The Morgan fingerprint density at radius 1 is 1.27 bits per heavy atom. The molecule has 0 spiro atoms. The first-order valence-corrected chi connectivity index (χ1v) is 11.7. The zero-order valence-corrected chi connectivity index (χ0v) is 19.1. The molecule has 0 aromatic heterocycles. The van der Waals surface area contributed by atoms with E-state index in [9.17, 15) is 19.6 Å². The molecule has 3 amide bonds. The van der Waals surface area contributed by atoms with Gasteiger partial charge in [-0.25, -0.2) is 4.79 Å². The van der Waals surface area contributed by atoms with Gasteiger partial charge in [0.2, 0.25) is 11.8 Å². The molecule has 1 heterocycles. The highest BCUT2D eigenvalue weighted by Crippen LogP contribution is 2.33. The molecule has 0 radical (unpaired) electrons. The summed E-state index contributed by atoms with van der Waals surface area (Å²) in [5, 5.41) is 18.2. The largest absolute Gasteiger partial charge is 0.445 e. The number of nitrogens with zero attached hydrogens (tertiary/aromatic N) is 1. The van der Waals surface area contributed by atoms with Crippen LogP contribution in [0.15, 0.2) is 30.3 Å². The van der Waals surface area contributed by atoms with Crippen LogP contribution in [-0.2, 0) is 14.3 Å². The lowest BCUT2D eigenvalue weighted by Gasteiger charge is -2.25. The summed E-state index contributed by atoms with van der Waals surface area (Å²) < 4.78 is 5.18. The molecule has 8 nitrogen and oxygen atoms in total. The summed E-state index contributed by atoms with van der Waals surface area (Å²) >= 11 is 5.94. The number of halogens is 1. The monoisotopic (exact) mass is 472 g/mol. The van der Waals surface area contributed by atoms with Gasteiger partial charge in [-0.1, -0.05) is 42.7 Å². The van der Waals surface area contributed by atoms with Gasteiger partial charge in [-0.3, -0.25) is 9.59 Å². The lowest BCUT2D eigenvalue weighted by molar-refractivity contribution is -0.128. The molecule has 2 fully saturated rings. The zero-order valence-electron chi connectivity index (χ0n) is 18.4. The number of nitrogens with one attached hydrogen (secondary N) is 3. The van der Waals surface area contributed by atoms with Crippen molar-refractivity contribution in [3.63, 3.8) is 0 Å². The number of alkyl carbamates (subject to hydrolysis) is 1. The van der Waals surface area contributed by atoms with Crippen LogP contribution in [0.25, 0.3) is 6.08 Å². The fourth-order valence-electron chi connectivity index (χ4n) is 3.78. The predicted molar refractivity (Wildman–Crippen MR) is 124 cm³/mol. The molecule has 0 unspecified atom stereocenters. The fraction of sp³-hybridized carbons (Fsp3) is 0.500. The first kappa shape index (κ1) is 24.6. The molecule has 1 aromatic rings. The molecular formula is C24H29ClN4O4. The average molecular weight is 473 g/mol. The summed E-state index contributed by atoms with van der Waals surface area (Å²) in [5.74, 6) is -0.447. The van der Waals surface area contributed by atoms with Crippen LogP contribution in [0.1, 0.15) is 44.1 Å². The first-order chi connectivity index (χ1) is 15.9. The van der Waals surface area contributed by atoms with Crippen LogP contribution in [0.4, 0.5) is 4.79 Å². The second-order valence-electron chi connectivity index (χ2n) is 8.49. The van der Waals surface area contributed by atoms with Crippen molar-refractivity contribution in [1.29, 1.82) is 5.26 Å². The number of benzene rings is 1. The molecule has 1 aromatic carbocycles. The Morgan fingerprint density at radius 3 is 2.79 bits per heavy atom. The number of carbonyl (C=O) groups is 3. The van der Waals surface area contributed by atoms with E-state index in [2.05, 4.69) is 22.0 Å². The van der Waals surface area contributed by atoms with Crippen LogP contribution < -0.4 is 16.0 Å². The average Bonchev–Trinajstić information content (AvgIpc) is 3.61. The molecule has 1 saturated carbocycles. The molecular weight excluding hydrogens is 444 g/mol. The van der Waals surface area contributed by atoms with Gasteiger partial charge >= 0.3 is 6.09 Å². The van der Waals surface area contributed by atoms with E-state index in [1.165, 1.54) is 0 Å². The van der Waals surface area contributed by atoms with E-state index in [-0.39, 0.29) is 24.9 Å². The summed E-state index contributed by atoms with van der Waals surface area (Å²) in [6.45, 7) is 0.677. The number of hydrogen-bond donors (Lipinski definition) is 3. The molecule has 0 bridgehead atoms. The highest BCUT2D eigenvalue weighted by atomic mass is 35.5. The maximum Gasteiger partial charge on any atom is 0.408 e. The Bertz CT molecular complexity index is 925. The van der Waals surface area contributed by atoms with Gasteiger partial charge in [0.25, 0.3) is 0 Å². The third-order valence-electron chi connectivity index (χ3n) is 5.74. The van der Waals surface area contributed by atoms with Gasteiger partial charge in [-0.05, 0) is 55.4 Å². The minimum Gasteiger partial charge on any atom is -0.445 e. The molecule has 3 N–H and O–H groups in total. The van der Waals surface area contributed by atoms with Gasteiger partial charge in [0.1, 0.15) is 18.7 Å². The standard InChI is InChI=1S/C24H29ClN4O4/c25-19-7-1-4-16(12-19)5-3-11-33-24(32)29-21(13-17-8-9-17)23(31)28-20(15-26)14-18-6-2-10-27-22(18)30/h1,3-5,7,12,17-18,20-21H,2,6,8-11,13-14H2,(H,27,30)(H,28,31)(H,29,32)/b5-3+/t18-,20-,21-/m0/s1. The number of carbonyl (C=O) groups excluding carboxylic acids is 3. The van der Waals surface area contributed by atoms with Crippen LogP contribution >= 0.6 is 11.6 Å². The van der Waals surface area contributed by atoms with Crippen molar-refractivity contribution in [3.8, 4) is 6.07 Å². The molecule has 33 heavy (non-hydrogen) atoms. The number of rotatable bonds is 10. The van der Waals surface area contributed by atoms with Crippen molar-refractivity contribution in [1.82, 2.24) is 16.0 Å². The molecule has 1 aliphatic heterocycles. The number of piperidine rings is 1. The first-order valence-electron chi connectivity index (χ1n) is 11.3. The van der Waals surface area contributed by atoms with E-state index in [1.54, 1.807) is 24.3 Å². The molecule has 3 rings (SSSR count). The Hall–Kier alpha value is -3.05.